The average Bonchev–Trinajstić information content (AvgIpc) is 2.55. The van der Waals surface area contributed by atoms with Crippen LogP contribution < -0.4 is 19.5 Å². The fourth-order valence-corrected chi connectivity index (χ4v) is 2.71. The van der Waals surface area contributed by atoms with Crippen LogP contribution in [0.2, 0.25) is 0 Å². The Hall–Kier alpha value is -2.49. The number of carbonyl (C=O) groups is 2. The van der Waals surface area contributed by atoms with Gasteiger partial charge >= 0.3 is 5.97 Å². The summed E-state index contributed by atoms with van der Waals surface area (Å²) in [6.45, 7) is 0. The molecule has 1 aromatic rings. The van der Waals surface area contributed by atoms with Gasteiger partial charge in [0.05, 0.1) is 27.1 Å². The number of hydrogen-bond acceptors (Lipinski definition) is 7. The topological polar surface area (TPSA) is 128 Å². The van der Waals surface area contributed by atoms with Gasteiger partial charge in [0.15, 0.2) is 11.5 Å². The zero-order valence-electron chi connectivity index (χ0n) is 14.4. The van der Waals surface area contributed by atoms with Crippen LogP contribution in [0.3, 0.4) is 0 Å². The highest BCUT2D eigenvalue weighted by Crippen LogP contribution is 2.38. The molecule has 0 aromatic heterocycles. The highest BCUT2D eigenvalue weighted by Gasteiger charge is 2.24. The first kappa shape index (κ1) is 20.6. The van der Waals surface area contributed by atoms with Crippen molar-refractivity contribution in [3.05, 3.63) is 17.7 Å². The normalized spacial score (nSPS) is 12.2. The Labute approximate surface area is 145 Å². The number of benzene rings is 1. The first-order chi connectivity index (χ1) is 11.6. The van der Waals surface area contributed by atoms with Crippen LogP contribution in [0.25, 0.3) is 0 Å². The van der Waals surface area contributed by atoms with E-state index in [0.29, 0.717) is 0 Å². The van der Waals surface area contributed by atoms with Gasteiger partial charge in [-0.1, -0.05) is 0 Å². The summed E-state index contributed by atoms with van der Waals surface area (Å²) in [5.74, 6) is -1.65. The van der Waals surface area contributed by atoms with Crippen molar-refractivity contribution in [3.63, 3.8) is 0 Å². The predicted octanol–water partition coefficient (Wildman–Crippen LogP) is 0.330. The third kappa shape index (κ3) is 5.82. The van der Waals surface area contributed by atoms with E-state index in [1.165, 1.54) is 33.5 Å². The van der Waals surface area contributed by atoms with Gasteiger partial charge in [0.2, 0.25) is 5.75 Å². The quantitative estimate of drug-likeness (QED) is 0.632. The van der Waals surface area contributed by atoms with Crippen LogP contribution in [0.1, 0.15) is 16.8 Å². The molecule has 140 valence electrons. The van der Waals surface area contributed by atoms with E-state index in [0.717, 1.165) is 6.26 Å². The summed E-state index contributed by atoms with van der Waals surface area (Å²) < 4.78 is 37.8. The third-order valence-electron chi connectivity index (χ3n) is 3.31. The SMILES string of the molecule is COc1cc(C(=O)N[C@@H](CCS(C)(=O)=O)C(=O)O)cc(OC)c1OC. The maximum atomic E-state index is 12.3. The average molecular weight is 375 g/mol. The van der Waals surface area contributed by atoms with E-state index in [4.69, 9.17) is 14.2 Å². The summed E-state index contributed by atoms with van der Waals surface area (Å²) in [5.41, 5.74) is 0.0834. The number of carboxylic acid groups (broad SMARTS) is 1. The molecule has 25 heavy (non-hydrogen) atoms. The molecular weight excluding hydrogens is 354 g/mol. The maximum absolute atomic E-state index is 12.3. The number of carbonyl (C=O) groups excluding carboxylic acids is 1. The molecule has 0 saturated carbocycles. The molecule has 0 aliphatic rings. The van der Waals surface area contributed by atoms with E-state index < -0.39 is 27.8 Å². The number of sulfone groups is 1. The number of hydrogen-bond donors (Lipinski definition) is 2. The maximum Gasteiger partial charge on any atom is 0.326 e. The summed E-state index contributed by atoms with van der Waals surface area (Å²) in [4.78, 5) is 23.6. The van der Waals surface area contributed by atoms with Crippen molar-refractivity contribution in [2.75, 3.05) is 33.3 Å². The number of rotatable bonds is 9. The zero-order valence-corrected chi connectivity index (χ0v) is 15.2. The minimum absolute atomic E-state index is 0.0834. The smallest absolute Gasteiger partial charge is 0.326 e. The van der Waals surface area contributed by atoms with E-state index in [1.54, 1.807) is 0 Å². The van der Waals surface area contributed by atoms with Gasteiger partial charge in [-0.2, -0.15) is 0 Å². The monoisotopic (exact) mass is 375 g/mol. The lowest BCUT2D eigenvalue weighted by Crippen LogP contribution is -2.41. The van der Waals surface area contributed by atoms with Crippen molar-refractivity contribution >= 4 is 21.7 Å². The van der Waals surface area contributed by atoms with E-state index >= 15 is 0 Å². The molecule has 10 heteroatoms. The second-order valence-corrected chi connectivity index (χ2v) is 7.46. The first-order valence-electron chi connectivity index (χ1n) is 7.14. The Morgan fingerprint density at radius 2 is 1.64 bits per heavy atom. The predicted molar refractivity (Wildman–Crippen MR) is 89.3 cm³/mol. The van der Waals surface area contributed by atoms with Gasteiger partial charge in [0.1, 0.15) is 15.9 Å². The largest absolute Gasteiger partial charge is 0.493 e. The van der Waals surface area contributed by atoms with Gasteiger partial charge in [-0.25, -0.2) is 13.2 Å². The van der Waals surface area contributed by atoms with Crippen LogP contribution in [0.15, 0.2) is 12.1 Å². The van der Waals surface area contributed by atoms with Crippen LogP contribution in [-0.2, 0) is 14.6 Å². The van der Waals surface area contributed by atoms with Gasteiger partial charge < -0.3 is 24.6 Å². The van der Waals surface area contributed by atoms with E-state index in [1.807, 2.05) is 0 Å². The molecule has 1 atom stereocenters. The molecule has 0 aliphatic heterocycles. The minimum atomic E-state index is -3.35. The van der Waals surface area contributed by atoms with Crippen LogP contribution in [0, 0.1) is 0 Å². The lowest BCUT2D eigenvalue weighted by Gasteiger charge is -2.16. The van der Waals surface area contributed by atoms with E-state index in [-0.39, 0.29) is 35.0 Å². The highest BCUT2D eigenvalue weighted by atomic mass is 32.2. The number of ether oxygens (including phenoxy) is 3. The fourth-order valence-electron chi connectivity index (χ4n) is 2.04. The Morgan fingerprint density at radius 3 is 2.00 bits per heavy atom. The molecule has 0 unspecified atom stereocenters. The molecule has 0 bridgehead atoms. The molecule has 0 spiro atoms. The summed E-state index contributed by atoms with van der Waals surface area (Å²) in [6, 6.07) is 1.39. The van der Waals surface area contributed by atoms with Gasteiger partial charge in [0, 0.05) is 11.8 Å². The summed E-state index contributed by atoms with van der Waals surface area (Å²) >= 11 is 0. The number of aliphatic carboxylic acids is 1. The molecule has 1 rings (SSSR count). The number of amides is 1. The van der Waals surface area contributed by atoms with Crippen molar-refractivity contribution in [2.45, 2.75) is 12.5 Å². The standard InChI is InChI=1S/C15H21NO8S/c1-22-11-7-9(8-12(23-2)13(11)24-3)14(17)16-10(15(18)19)5-6-25(4,20)21/h7-8,10H,5-6H2,1-4H3,(H,16,17)(H,18,19)/t10-/m0/s1. The van der Waals surface area contributed by atoms with Crippen LogP contribution in [0.4, 0.5) is 0 Å². The van der Waals surface area contributed by atoms with Gasteiger partial charge in [-0.3, -0.25) is 4.79 Å². The van der Waals surface area contributed by atoms with Crippen molar-refractivity contribution in [2.24, 2.45) is 0 Å². The summed E-state index contributed by atoms with van der Waals surface area (Å²) in [6.07, 6.45) is 0.747. The molecular formula is C15H21NO8S. The number of methoxy groups -OCH3 is 3. The van der Waals surface area contributed by atoms with Crippen LogP contribution in [0.5, 0.6) is 17.2 Å². The van der Waals surface area contributed by atoms with Gasteiger partial charge in [-0.15, -0.1) is 0 Å². The molecule has 0 radical (unpaired) electrons. The number of nitrogens with one attached hydrogen (secondary N) is 1. The second-order valence-electron chi connectivity index (χ2n) is 5.20. The van der Waals surface area contributed by atoms with Gasteiger partial charge in [-0.05, 0) is 18.6 Å². The van der Waals surface area contributed by atoms with Crippen molar-refractivity contribution in [1.29, 1.82) is 0 Å². The fraction of sp³-hybridized carbons (Fsp3) is 0.467. The minimum Gasteiger partial charge on any atom is -0.493 e. The van der Waals surface area contributed by atoms with Crippen molar-refractivity contribution < 1.29 is 37.3 Å². The van der Waals surface area contributed by atoms with Crippen molar-refractivity contribution in [1.82, 2.24) is 5.32 Å². The van der Waals surface area contributed by atoms with E-state index in [2.05, 4.69) is 5.32 Å². The van der Waals surface area contributed by atoms with Crippen molar-refractivity contribution in [3.8, 4) is 17.2 Å². The number of carboxylic acids is 1. The molecule has 0 aliphatic carbocycles. The molecule has 2 N–H and O–H groups in total. The molecule has 9 nitrogen and oxygen atoms in total. The van der Waals surface area contributed by atoms with Crippen LogP contribution in [-0.4, -0.2) is 64.8 Å². The third-order valence-corrected chi connectivity index (χ3v) is 4.28. The van der Waals surface area contributed by atoms with Gasteiger partial charge in [0.25, 0.3) is 5.91 Å². The molecule has 1 amide bonds. The highest BCUT2D eigenvalue weighted by molar-refractivity contribution is 7.90. The Morgan fingerprint density at radius 1 is 1.12 bits per heavy atom. The van der Waals surface area contributed by atoms with Crippen LogP contribution >= 0.6 is 0 Å². The molecule has 0 fully saturated rings. The summed E-state index contributed by atoms with van der Waals surface area (Å²) in [5, 5.41) is 11.5. The van der Waals surface area contributed by atoms with E-state index in [9.17, 15) is 23.1 Å². The summed E-state index contributed by atoms with van der Waals surface area (Å²) in [7, 11) is 0.814. The Balaban J connectivity index is 3.06. The Bertz CT molecular complexity index is 719. The first-order valence-corrected chi connectivity index (χ1v) is 9.20. The Kier molecular flexibility index (Phi) is 7.04. The molecule has 1 aromatic carbocycles. The molecule has 0 saturated heterocycles. The second kappa shape index (κ2) is 8.56. The lowest BCUT2D eigenvalue weighted by atomic mass is 10.1. The zero-order chi connectivity index (χ0) is 19.2. The lowest BCUT2D eigenvalue weighted by molar-refractivity contribution is -0.139. The molecule has 0 heterocycles.